The monoisotopic (exact) mass is 368 g/mol. The van der Waals surface area contributed by atoms with Gasteiger partial charge in [0.15, 0.2) is 0 Å². The molecule has 138 valence electrons. The molecule has 2 aliphatic rings. The molecule has 3 N–H and O–H groups in total. The van der Waals surface area contributed by atoms with Gasteiger partial charge in [0.2, 0.25) is 5.91 Å². The topological polar surface area (TPSA) is 82.0 Å². The number of ether oxygens (including phenoxy) is 1. The third-order valence-electron chi connectivity index (χ3n) is 4.86. The standard InChI is InChI=1S/C18H25ClN2O4/c19-13-5-3-4-12(8-13)10-20-11-15-18(24)17(23)14(25-15)9-16(22)21-6-1-2-7-21/h3-5,8,14-15,17-18,20,23-24H,1-2,6-7,9-11H2/t14-,15-,17-,18+/m0/s1. The predicted molar refractivity (Wildman–Crippen MR) is 94.3 cm³/mol. The molecule has 1 aromatic rings. The van der Waals surface area contributed by atoms with Crippen LogP contribution in [0, 0.1) is 0 Å². The van der Waals surface area contributed by atoms with E-state index in [9.17, 15) is 15.0 Å². The van der Waals surface area contributed by atoms with Crippen LogP contribution in [0.1, 0.15) is 24.8 Å². The van der Waals surface area contributed by atoms with Crippen molar-refractivity contribution in [3.8, 4) is 0 Å². The zero-order chi connectivity index (χ0) is 17.8. The highest BCUT2D eigenvalue weighted by Crippen LogP contribution is 2.25. The molecule has 0 bridgehead atoms. The number of aliphatic hydroxyl groups excluding tert-OH is 2. The molecule has 0 aromatic heterocycles. The van der Waals surface area contributed by atoms with Crippen LogP contribution in [0.5, 0.6) is 0 Å². The molecule has 7 heteroatoms. The molecule has 4 atom stereocenters. The van der Waals surface area contributed by atoms with Crippen molar-refractivity contribution in [3.05, 3.63) is 34.9 Å². The van der Waals surface area contributed by atoms with Crippen molar-refractivity contribution in [2.24, 2.45) is 0 Å². The fourth-order valence-electron chi connectivity index (χ4n) is 3.44. The van der Waals surface area contributed by atoms with Crippen LogP contribution >= 0.6 is 11.6 Å². The molecule has 2 aliphatic heterocycles. The van der Waals surface area contributed by atoms with Crippen molar-refractivity contribution in [2.45, 2.75) is 50.2 Å². The molecule has 2 saturated heterocycles. The van der Waals surface area contributed by atoms with E-state index in [0.29, 0.717) is 18.1 Å². The van der Waals surface area contributed by atoms with Gasteiger partial charge in [-0.1, -0.05) is 23.7 Å². The smallest absolute Gasteiger partial charge is 0.225 e. The van der Waals surface area contributed by atoms with Gasteiger partial charge in [-0.2, -0.15) is 0 Å². The summed E-state index contributed by atoms with van der Waals surface area (Å²) < 4.78 is 5.74. The first-order valence-corrected chi connectivity index (χ1v) is 9.17. The summed E-state index contributed by atoms with van der Waals surface area (Å²) in [6.45, 7) is 2.52. The van der Waals surface area contributed by atoms with Crippen molar-refractivity contribution in [1.29, 1.82) is 0 Å². The van der Waals surface area contributed by atoms with Crippen LogP contribution in [-0.4, -0.2) is 65.1 Å². The number of carbonyl (C=O) groups is 1. The number of aliphatic hydroxyl groups is 2. The first-order valence-electron chi connectivity index (χ1n) is 8.79. The lowest BCUT2D eigenvalue weighted by Crippen LogP contribution is -2.38. The van der Waals surface area contributed by atoms with Gasteiger partial charge in [-0.3, -0.25) is 4.79 Å². The molecule has 3 rings (SSSR count). The number of nitrogens with zero attached hydrogens (tertiary/aromatic N) is 1. The molecule has 2 fully saturated rings. The first-order chi connectivity index (χ1) is 12.0. The fraction of sp³-hybridized carbons (Fsp3) is 0.611. The van der Waals surface area contributed by atoms with E-state index in [2.05, 4.69) is 5.32 Å². The number of hydrogen-bond donors (Lipinski definition) is 3. The molecule has 25 heavy (non-hydrogen) atoms. The molecule has 1 aromatic carbocycles. The summed E-state index contributed by atoms with van der Waals surface area (Å²) in [7, 11) is 0. The van der Waals surface area contributed by atoms with E-state index < -0.39 is 24.4 Å². The third kappa shape index (κ3) is 4.71. The summed E-state index contributed by atoms with van der Waals surface area (Å²) in [5.74, 6) is -0.0127. The lowest BCUT2D eigenvalue weighted by molar-refractivity contribution is -0.134. The maximum absolute atomic E-state index is 12.2. The van der Waals surface area contributed by atoms with Gasteiger partial charge in [-0.15, -0.1) is 0 Å². The number of rotatable bonds is 6. The van der Waals surface area contributed by atoms with Crippen LogP contribution in [0.2, 0.25) is 5.02 Å². The number of hydrogen-bond acceptors (Lipinski definition) is 5. The van der Waals surface area contributed by atoms with Gasteiger partial charge in [0.1, 0.15) is 12.2 Å². The van der Waals surface area contributed by atoms with E-state index >= 15 is 0 Å². The quantitative estimate of drug-likeness (QED) is 0.696. The molecule has 0 radical (unpaired) electrons. The number of halogens is 1. The van der Waals surface area contributed by atoms with Crippen LogP contribution in [0.4, 0.5) is 0 Å². The number of benzene rings is 1. The summed E-state index contributed by atoms with van der Waals surface area (Å²) in [6.07, 6.45) is -1.06. The molecule has 1 amide bonds. The Bertz CT molecular complexity index is 594. The van der Waals surface area contributed by atoms with Gasteiger partial charge in [-0.25, -0.2) is 0 Å². The average Bonchev–Trinajstić information content (AvgIpc) is 3.21. The minimum absolute atomic E-state index is 0.0127. The molecule has 2 heterocycles. The van der Waals surface area contributed by atoms with Crippen molar-refractivity contribution in [2.75, 3.05) is 19.6 Å². The lowest BCUT2D eigenvalue weighted by atomic mass is 10.0. The summed E-state index contributed by atoms with van der Waals surface area (Å²) in [5.41, 5.74) is 1.03. The Labute approximate surface area is 152 Å². The van der Waals surface area contributed by atoms with Gasteiger partial charge in [0.25, 0.3) is 0 Å². The number of likely N-dealkylation sites (tertiary alicyclic amines) is 1. The third-order valence-corrected chi connectivity index (χ3v) is 5.09. The Hall–Kier alpha value is -1.18. The van der Waals surface area contributed by atoms with Crippen molar-refractivity contribution in [1.82, 2.24) is 10.2 Å². The second-order valence-electron chi connectivity index (χ2n) is 6.75. The summed E-state index contributed by atoms with van der Waals surface area (Å²) in [4.78, 5) is 14.0. The SMILES string of the molecule is O=C(C[C@@H]1O[C@@H](CNCc2cccc(Cl)c2)[C@@H](O)[C@H]1O)N1CCCC1. The van der Waals surface area contributed by atoms with E-state index in [1.165, 1.54) is 0 Å². The van der Waals surface area contributed by atoms with E-state index in [1.54, 1.807) is 4.90 Å². The van der Waals surface area contributed by atoms with Gasteiger partial charge in [-0.05, 0) is 30.5 Å². The van der Waals surface area contributed by atoms with Crippen LogP contribution in [-0.2, 0) is 16.1 Å². The van der Waals surface area contributed by atoms with Crippen LogP contribution in [0.25, 0.3) is 0 Å². The molecule has 0 aliphatic carbocycles. The summed E-state index contributed by atoms with van der Waals surface area (Å²) in [6, 6.07) is 7.52. The predicted octanol–water partition coefficient (Wildman–Crippen LogP) is 0.931. The van der Waals surface area contributed by atoms with Crippen LogP contribution in [0.3, 0.4) is 0 Å². The average molecular weight is 369 g/mol. The van der Waals surface area contributed by atoms with Gasteiger partial charge in [0, 0.05) is 31.2 Å². The normalized spacial score (nSPS) is 29.3. The Balaban J connectivity index is 1.47. The Kier molecular flexibility index (Phi) is 6.30. The summed E-state index contributed by atoms with van der Waals surface area (Å²) >= 11 is 5.95. The highest BCUT2D eigenvalue weighted by molar-refractivity contribution is 6.30. The first kappa shape index (κ1) is 18.6. The van der Waals surface area contributed by atoms with Gasteiger partial charge < -0.3 is 25.2 Å². The Morgan fingerprint density at radius 2 is 1.96 bits per heavy atom. The lowest BCUT2D eigenvalue weighted by Gasteiger charge is -2.19. The molecule has 0 spiro atoms. The highest BCUT2D eigenvalue weighted by Gasteiger charge is 2.43. The molecule has 6 nitrogen and oxygen atoms in total. The van der Waals surface area contributed by atoms with E-state index in [1.807, 2.05) is 24.3 Å². The Morgan fingerprint density at radius 3 is 2.68 bits per heavy atom. The van der Waals surface area contributed by atoms with E-state index in [-0.39, 0.29) is 12.3 Å². The molecule has 0 unspecified atom stereocenters. The zero-order valence-corrected chi connectivity index (χ0v) is 14.9. The molecular formula is C18H25ClN2O4. The van der Waals surface area contributed by atoms with Crippen molar-refractivity contribution in [3.63, 3.8) is 0 Å². The maximum atomic E-state index is 12.2. The second kappa shape index (κ2) is 8.47. The van der Waals surface area contributed by atoms with Crippen LogP contribution < -0.4 is 5.32 Å². The highest BCUT2D eigenvalue weighted by atomic mass is 35.5. The van der Waals surface area contributed by atoms with Crippen molar-refractivity contribution >= 4 is 17.5 Å². The van der Waals surface area contributed by atoms with Gasteiger partial charge >= 0.3 is 0 Å². The van der Waals surface area contributed by atoms with Gasteiger partial charge in [0.05, 0.1) is 18.6 Å². The second-order valence-corrected chi connectivity index (χ2v) is 7.18. The zero-order valence-electron chi connectivity index (χ0n) is 14.1. The number of carbonyl (C=O) groups excluding carboxylic acids is 1. The maximum Gasteiger partial charge on any atom is 0.225 e. The Morgan fingerprint density at radius 1 is 1.24 bits per heavy atom. The molecule has 0 saturated carbocycles. The summed E-state index contributed by atoms with van der Waals surface area (Å²) in [5, 5.41) is 24.2. The molecular weight excluding hydrogens is 344 g/mol. The minimum atomic E-state index is -1.04. The van der Waals surface area contributed by atoms with E-state index in [4.69, 9.17) is 16.3 Å². The minimum Gasteiger partial charge on any atom is -0.388 e. The fourth-order valence-corrected chi connectivity index (χ4v) is 3.65. The van der Waals surface area contributed by atoms with E-state index in [0.717, 1.165) is 31.5 Å². The number of nitrogens with one attached hydrogen (secondary N) is 1. The largest absolute Gasteiger partial charge is 0.388 e. The van der Waals surface area contributed by atoms with Crippen LogP contribution in [0.15, 0.2) is 24.3 Å². The van der Waals surface area contributed by atoms with Crippen molar-refractivity contribution < 1.29 is 19.7 Å². The number of amides is 1.